The van der Waals surface area contributed by atoms with Crippen molar-refractivity contribution in [2.24, 2.45) is 0 Å². The van der Waals surface area contributed by atoms with Crippen molar-refractivity contribution in [3.8, 4) is 28.0 Å². The molecule has 0 unspecified atom stereocenters. The molecule has 0 bridgehead atoms. The highest BCUT2D eigenvalue weighted by Crippen LogP contribution is 2.36. The predicted octanol–water partition coefficient (Wildman–Crippen LogP) is 4.06. The molecule has 2 aromatic carbocycles. The van der Waals surface area contributed by atoms with E-state index in [1.165, 1.54) is 0 Å². The first-order chi connectivity index (χ1) is 12.7. The summed E-state index contributed by atoms with van der Waals surface area (Å²) in [4.78, 5) is 15.3. The summed E-state index contributed by atoms with van der Waals surface area (Å²) >= 11 is 0. The molecule has 126 valence electrons. The normalized spacial score (nSPS) is 11.4. The van der Waals surface area contributed by atoms with E-state index in [2.05, 4.69) is 26.0 Å². The molecular weight excluding hydrogens is 326 g/mol. The van der Waals surface area contributed by atoms with Gasteiger partial charge in [-0.15, -0.1) is 0 Å². The molecule has 0 spiro atoms. The quantitative estimate of drug-likeness (QED) is 0.363. The first kappa shape index (κ1) is 14.5. The Morgan fingerprint density at radius 1 is 0.923 bits per heavy atom. The number of aromatic nitrogens is 4. The summed E-state index contributed by atoms with van der Waals surface area (Å²) in [7, 11) is 0. The Hall–Kier alpha value is -3.80. The molecule has 0 fully saturated rings. The van der Waals surface area contributed by atoms with E-state index in [1.807, 2.05) is 30.5 Å². The Bertz CT molecular complexity index is 1250. The van der Waals surface area contributed by atoms with Crippen LogP contribution >= 0.6 is 0 Å². The van der Waals surface area contributed by atoms with E-state index in [0.717, 1.165) is 44.3 Å². The van der Waals surface area contributed by atoms with E-state index in [-0.39, 0.29) is 5.75 Å². The number of phenolic OH excluding ortho intramolecular Hbond substituents is 1. The fraction of sp³-hybridized carbons (Fsp3) is 0. The predicted molar refractivity (Wildman–Crippen MR) is 103 cm³/mol. The summed E-state index contributed by atoms with van der Waals surface area (Å²) in [5, 5.41) is 10.5. The van der Waals surface area contributed by atoms with Crippen molar-refractivity contribution < 1.29 is 5.11 Å². The van der Waals surface area contributed by atoms with E-state index < -0.39 is 0 Å². The van der Waals surface area contributed by atoms with Crippen molar-refractivity contribution in [3.05, 3.63) is 61.2 Å². The number of nitrogens with one attached hydrogen (secondary N) is 2. The van der Waals surface area contributed by atoms with Gasteiger partial charge in [0.15, 0.2) is 0 Å². The van der Waals surface area contributed by atoms with E-state index in [1.54, 1.807) is 24.7 Å². The third-order valence-corrected chi connectivity index (χ3v) is 4.62. The number of benzene rings is 2. The minimum atomic E-state index is 0.241. The maximum Gasteiger partial charge on any atom is 0.137 e. The highest BCUT2D eigenvalue weighted by atomic mass is 16.3. The maximum absolute atomic E-state index is 9.53. The van der Waals surface area contributed by atoms with E-state index in [4.69, 9.17) is 5.73 Å². The number of hydrogen-bond donors (Lipinski definition) is 4. The van der Waals surface area contributed by atoms with Crippen molar-refractivity contribution in [2.75, 3.05) is 5.73 Å². The Kier molecular flexibility index (Phi) is 2.99. The molecule has 0 saturated carbocycles. The van der Waals surface area contributed by atoms with Gasteiger partial charge in [-0.1, -0.05) is 12.1 Å². The number of aromatic hydroxyl groups is 1. The largest absolute Gasteiger partial charge is 0.508 e. The average molecular weight is 341 g/mol. The number of H-pyrrole nitrogens is 2. The molecule has 6 nitrogen and oxygen atoms in total. The lowest BCUT2D eigenvalue weighted by Gasteiger charge is -2.08. The Morgan fingerprint density at radius 2 is 1.77 bits per heavy atom. The van der Waals surface area contributed by atoms with Crippen molar-refractivity contribution in [2.45, 2.75) is 0 Å². The molecule has 3 heterocycles. The number of nitrogen functional groups attached to an aromatic ring is 1. The molecular formula is C20H15N5O. The van der Waals surface area contributed by atoms with Crippen LogP contribution in [-0.2, 0) is 0 Å². The molecule has 26 heavy (non-hydrogen) atoms. The summed E-state index contributed by atoms with van der Waals surface area (Å²) in [5.74, 6) is 0.241. The lowest BCUT2D eigenvalue weighted by atomic mass is 10.0. The number of nitrogens with two attached hydrogens (primary N) is 1. The molecule has 0 aliphatic carbocycles. The molecule has 6 heteroatoms. The first-order valence-corrected chi connectivity index (χ1v) is 8.19. The minimum absolute atomic E-state index is 0.241. The van der Waals surface area contributed by atoms with Gasteiger partial charge < -0.3 is 20.8 Å². The smallest absolute Gasteiger partial charge is 0.137 e. The summed E-state index contributed by atoms with van der Waals surface area (Å²) in [6.07, 6.45) is 5.39. The van der Waals surface area contributed by atoms with Gasteiger partial charge in [-0.25, -0.2) is 9.97 Å². The van der Waals surface area contributed by atoms with Crippen LogP contribution in [0.25, 0.3) is 44.3 Å². The second-order valence-electron chi connectivity index (χ2n) is 6.20. The highest BCUT2D eigenvalue weighted by Gasteiger charge is 2.14. The number of fused-ring (bicyclic) bond motifs is 2. The van der Waals surface area contributed by atoms with Crippen LogP contribution < -0.4 is 5.73 Å². The Balaban J connectivity index is 1.75. The molecule has 5 rings (SSSR count). The number of pyridine rings is 1. The van der Waals surface area contributed by atoms with Crippen LogP contribution in [-0.4, -0.2) is 25.0 Å². The van der Waals surface area contributed by atoms with E-state index in [0.29, 0.717) is 5.69 Å². The van der Waals surface area contributed by atoms with Gasteiger partial charge in [-0.05, 0) is 35.9 Å². The molecule has 0 amide bonds. The second kappa shape index (κ2) is 5.35. The third-order valence-electron chi connectivity index (χ3n) is 4.62. The summed E-state index contributed by atoms with van der Waals surface area (Å²) in [6, 6.07) is 13.0. The molecule has 0 saturated heterocycles. The van der Waals surface area contributed by atoms with E-state index in [9.17, 15) is 5.11 Å². The van der Waals surface area contributed by atoms with Gasteiger partial charge in [0.1, 0.15) is 11.4 Å². The number of anilines is 1. The molecule has 5 N–H and O–H groups in total. The van der Waals surface area contributed by atoms with E-state index >= 15 is 0 Å². The first-order valence-electron chi connectivity index (χ1n) is 8.19. The topological polar surface area (TPSA) is 104 Å². The molecule has 0 aliphatic rings. The lowest BCUT2D eigenvalue weighted by Crippen LogP contribution is -1.92. The lowest BCUT2D eigenvalue weighted by molar-refractivity contribution is 0.475. The van der Waals surface area contributed by atoms with Crippen LogP contribution in [0.5, 0.6) is 5.75 Å². The zero-order valence-corrected chi connectivity index (χ0v) is 13.7. The van der Waals surface area contributed by atoms with Crippen molar-refractivity contribution in [1.29, 1.82) is 0 Å². The zero-order valence-electron chi connectivity index (χ0n) is 13.7. The number of aromatic amines is 2. The van der Waals surface area contributed by atoms with Crippen LogP contribution in [0.15, 0.2) is 61.2 Å². The third kappa shape index (κ3) is 2.12. The summed E-state index contributed by atoms with van der Waals surface area (Å²) in [5.41, 5.74) is 13.3. The van der Waals surface area contributed by atoms with Crippen molar-refractivity contribution >= 4 is 27.8 Å². The van der Waals surface area contributed by atoms with Crippen molar-refractivity contribution in [3.63, 3.8) is 0 Å². The average Bonchev–Trinajstić information content (AvgIpc) is 3.28. The van der Waals surface area contributed by atoms with Gasteiger partial charge >= 0.3 is 0 Å². The van der Waals surface area contributed by atoms with Crippen LogP contribution in [0.1, 0.15) is 0 Å². The second-order valence-corrected chi connectivity index (χ2v) is 6.20. The van der Waals surface area contributed by atoms with Gasteiger partial charge in [-0.3, -0.25) is 0 Å². The Morgan fingerprint density at radius 3 is 2.62 bits per heavy atom. The van der Waals surface area contributed by atoms with Gasteiger partial charge in [0.05, 0.1) is 17.4 Å². The highest BCUT2D eigenvalue weighted by molar-refractivity contribution is 6.02. The number of hydrogen-bond acceptors (Lipinski definition) is 4. The minimum Gasteiger partial charge on any atom is -0.508 e. The van der Waals surface area contributed by atoms with Gasteiger partial charge in [0.2, 0.25) is 0 Å². The SMILES string of the molecule is Nc1ccc2[nH]cnc2c1-c1cnc2[nH]cc(-c3ccc(O)cc3)c2c1. The summed E-state index contributed by atoms with van der Waals surface area (Å²) in [6.45, 7) is 0. The fourth-order valence-electron chi connectivity index (χ4n) is 3.35. The van der Waals surface area contributed by atoms with Crippen LogP contribution in [0.2, 0.25) is 0 Å². The van der Waals surface area contributed by atoms with Crippen LogP contribution in [0.4, 0.5) is 5.69 Å². The molecule has 5 aromatic rings. The number of imidazole rings is 1. The standard InChI is InChI=1S/C20H15N5O/c21-16-5-6-17-19(25-10-24-17)18(16)12-7-14-15(9-23-20(14)22-8-12)11-1-3-13(26)4-2-11/h1-10,26H,21H2,(H,22,23)(H,24,25). The van der Waals surface area contributed by atoms with Crippen LogP contribution in [0, 0.1) is 0 Å². The van der Waals surface area contributed by atoms with Gasteiger partial charge in [0.25, 0.3) is 0 Å². The number of nitrogens with zero attached hydrogens (tertiary/aromatic N) is 2. The number of phenols is 1. The molecule has 3 aromatic heterocycles. The van der Waals surface area contributed by atoms with Crippen LogP contribution in [0.3, 0.4) is 0 Å². The van der Waals surface area contributed by atoms with Crippen molar-refractivity contribution in [1.82, 2.24) is 19.9 Å². The van der Waals surface area contributed by atoms with Gasteiger partial charge in [0, 0.05) is 40.2 Å². The maximum atomic E-state index is 9.53. The van der Waals surface area contributed by atoms with Gasteiger partial charge in [-0.2, -0.15) is 0 Å². The Labute approximate surface area is 148 Å². The molecule has 0 aliphatic heterocycles. The molecule has 0 atom stereocenters. The summed E-state index contributed by atoms with van der Waals surface area (Å²) < 4.78 is 0. The zero-order chi connectivity index (χ0) is 17.7. The number of rotatable bonds is 2. The fourth-order valence-corrected chi connectivity index (χ4v) is 3.35. The molecule has 0 radical (unpaired) electrons. The monoisotopic (exact) mass is 341 g/mol.